The van der Waals surface area contributed by atoms with Crippen LogP contribution in [-0.2, 0) is 20.8 Å². The van der Waals surface area contributed by atoms with Crippen LogP contribution >= 0.6 is 11.8 Å². The van der Waals surface area contributed by atoms with Gasteiger partial charge in [-0.3, -0.25) is 14.9 Å². The summed E-state index contributed by atoms with van der Waals surface area (Å²) in [5.74, 6) is -1.41. The molecule has 0 aliphatic carbocycles. The van der Waals surface area contributed by atoms with Gasteiger partial charge in [0, 0.05) is 11.8 Å². The second-order valence-electron chi connectivity index (χ2n) is 5.75. The summed E-state index contributed by atoms with van der Waals surface area (Å²) in [6.45, 7) is 0. The van der Waals surface area contributed by atoms with Crippen molar-refractivity contribution in [2.45, 2.75) is 21.5 Å². The van der Waals surface area contributed by atoms with Crippen LogP contribution in [0, 0.1) is 10.1 Å². The Morgan fingerprint density at radius 1 is 1.06 bits per heavy atom. The quantitative estimate of drug-likeness (QED) is 0.275. The number of hydrogen-bond donors (Lipinski definition) is 1. The Bertz CT molecular complexity index is 1120. The molecule has 0 spiro atoms. The van der Waals surface area contributed by atoms with Crippen molar-refractivity contribution in [2.24, 2.45) is 0 Å². The highest BCUT2D eigenvalue weighted by Crippen LogP contribution is 2.36. The van der Waals surface area contributed by atoms with Crippen LogP contribution in [0.25, 0.3) is 0 Å². The van der Waals surface area contributed by atoms with Gasteiger partial charge in [-0.05, 0) is 30.3 Å². The Hall–Kier alpha value is -2.81. The maximum absolute atomic E-state index is 12.7. The number of benzene rings is 2. The van der Waals surface area contributed by atoms with Gasteiger partial charge < -0.3 is 5.32 Å². The van der Waals surface area contributed by atoms with E-state index in [4.69, 9.17) is 0 Å². The number of nitro groups is 1. The van der Waals surface area contributed by atoms with Crippen LogP contribution in [0.4, 0.5) is 37.7 Å². The first-order valence-electron chi connectivity index (χ1n) is 7.82. The van der Waals surface area contributed by atoms with Gasteiger partial charge in [-0.15, -0.1) is 11.8 Å². The van der Waals surface area contributed by atoms with Crippen LogP contribution in [0.5, 0.6) is 0 Å². The third-order valence-corrected chi connectivity index (χ3v) is 6.12. The minimum Gasteiger partial charge on any atom is -0.325 e. The largest absolute Gasteiger partial charge is 0.501 e. The third kappa shape index (κ3) is 5.88. The first-order valence-corrected chi connectivity index (χ1v) is 10.3. The minimum absolute atomic E-state index is 0.193. The number of amides is 1. The van der Waals surface area contributed by atoms with E-state index in [2.05, 4.69) is 5.32 Å². The molecule has 0 saturated carbocycles. The fourth-order valence-corrected chi connectivity index (χ4v) is 3.76. The highest BCUT2D eigenvalue weighted by Gasteiger charge is 2.47. The topological polar surface area (TPSA) is 106 Å². The number of anilines is 1. The van der Waals surface area contributed by atoms with E-state index in [-0.39, 0.29) is 16.6 Å². The monoisotopic (exact) mass is 488 g/mol. The molecule has 1 amide bonds. The van der Waals surface area contributed by atoms with Gasteiger partial charge in [0.15, 0.2) is 0 Å². The third-order valence-electron chi connectivity index (χ3n) is 3.57. The molecule has 15 heteroatoms. The standard InChI is InChI=1S/C16H10F6N2O5S2/c17-15(18,19)9-2-1-3-10(6-9)23-14(25)8-30-13-5-4-11(7-12(13)24(26)27)31(28,29)16(20,21)22/h1-7H,8H2,(H,23,25). The van der Waals surface area contributed by atoms with Crippen molar-refractivity contribution in [1.82, 2.24) is 0 Å². The number of nitrogens with zero attached hydrogens (tertiary/aromatic N) is 1. The van der Waals surface area contributed by atoms with Gasteiger partial charge >= 0.3 is 11.7 Å². The lowest BCUT2D eigenvalue weighted by molar-refractivity contribution is -0.388. The number of halogens is 6. The maximum Gasteiger partial charge on any atom is 0.501 e. The Labute approximate surface area is 174 Å². The average Bonchev–Trinajstić information content (AvgIpc) is 2.64. The lowest BCUT2D eigenvalue weighted by Gasteiger charge is -2.11. The van der Waals surface area contributed by atoms with Crippen molar-refractivity contribution in [2.75, 3.05) is 11.1 Å². The van der Waals surface area contributed by atoms with Crippen molar-refractivity contribution in [3.8, 4) is 0 Å². The number of nitrogens with one attached hydrogen (secondary N) is 1. The Morgan fingerprint density at radius 2 is 1.71 bits per heavy atom. The van der Waals surface area contributed by atoms with Crippen molar-refractivity contribution in [3.63, 3.8) is 0 Å². The van der Waals surface area contributed by atoms with E-state index >= 15 is 0 Å². The molecule has 1 N–H and O–H groups in total. The number of alkyl halides is 6. The molecule has 0 aliphatic heterocycles. The fraction of sp³-hybridized carbons (Fsp3) is 0.188. The van der Waals surface area contributed by atoms with E-state index in [1.54, 1.807) is 0 Å². The number of nitro benzene ring substituents is 1. The lowest BCUT2D eigenvalue weighted by atomic mass is 10.2. The average molecular weight is 488 g/mol. The van der Waals surface area contributed by atoms with Gasteiger partial charge in [-0.1, -0.05) is 6.07 Å². The molecule has 0 unspecified atom stereocenters. The molecule has 168 valence electrons. The second-order valence-corrected chi connectivity index (χ2v) is 8.71. The van der Waals surface area contributed by atoms with Gasteiger partial charge in [0.1, 0.15) is 0 Å². The summed E-state index contributed by atoms with van der Waals surface area (Å²) in [7, 11) is -5.82. The van der Waals surface area contributed by atoms with Crippen LogP contribution in [0.2, 0.25) is 0 Å². The van der Waals surface area contributed by atoms with Crippen LogP contribution in [0.15, 0.2) is 52.3 Å². The Kier molecular flexibility index (Phi) is 6.90. The minimum atomic E-state index is -5.82. The highest BCUT2D eigenvalue weighted by atomic mass is 32.2. The summed E-state index contributed by atoms with van der Waals surface area (Å²) in [4.78, 5) is 20.3. The molecular formula is C16H10F6N2O5S2. The molecule has 0 heterocycles. The molecule has 0 saturated heterocycles. The van der Waals surface area contributed by atoms with Crippen LogP contribution in [-0.4, -0.2) is 30.5 Å². The molecular weight excluding hydrogens is 478 g/mol. The molecule has 0 aromatic heterocycles. The van der Waals surface area contributed by atoms with E-state index in [1.807, 2.05) is 0 Å². The smallest absolute Gasteiger partial charge is 0.325 e. The highest BCUT2D eigenvalue weighted by molar-refractivity contribution is 8.00. The lowest BCUT2D eigenvalue weighted by Crippen LogP contribution is -2.23. The zero-order valence-corrected chi connectivity index (χ0v) is 16.5. The summed E-state index contributed by atoms with van der Waals surface area (Å²) in [6, 6.07) is 5.14. The first kappa shape index (κ1) is 24.5. The Balaban J connectivity index is 2.18. The van der Waals surface area contributed by atoms with E-state index < -0.39 is 54.3 Å². The van der Waals surface area contributed by atoms with E-state index in [0.717, 1.165) is 18.2 Å². The predicted molar refractivity (Wildman–Crippen MR) is 97.1 cm³/mol. The van der Waals surface area contributed by atoms with Gasteiger partial charge in [0.25, 0.3) is 15.5 Å². The van der Waals surface area contributed by atoms with Crippen molar-refractivity contribution in [3.05, 3.63) is 58.1 Å². The maximum atomic E-state index is 12.7. The molecule has 0 aliphatic rings. The van der Waals surface area contributed by atoms with Crippen molar-refractivity contribution < 1.29 is 44.5 Å². The summed E-state index contributed by atoms with van der Waals surface area (Å²) in [5.41, 5.74) is -7.86. The van der Waals surface area contributed by atoms with Gasteiger partial charge in [0.05, 0.1) is 26.0 Å². The van der Waals surface area contributed by atoms with Gasteiger partial charge in [0.2, 0.25) is 5.91 Å². The molecule has 31 heavy (non-hydrogen) atoms. The summed E-state index contributed by atoms with van der Waals surface area (Å²) >= 11 is 0.487. The Morgan fingerprint density at radius 3 is 2.26 bits per heavy atom. The zero-order valence-electron chi connectivity index (χ0n) is 14.8. The SMILES string of the molecule is O=C(CSc1ccc(S(=O)(=O)C(F)(F)F)cc1[N+](=O)[O-])Nc1cccc(C(F)(F)F)c1. The first-order chi connectivity index (χ1) is 14.1. The normalized spacial score (nSPS) is 12.5. The molecule has 0 bridgehead atoms. The number of thioether (sulfide) groups is 1. The van der Waals surface area contributed by atoms with Crippen LogP contribution in [0.3, 0.4) is 0 Å². The molecule has 2 aromatic carbocycles. The van der Waals surface area contributed by atoms with E-state index in [1.165, 1.54) is 6.07 Å². The molecule has 0 radical (unpaired) electrons. The van der Waals surface area contributed by atoms with E-state index in [9.17, 15) is 49.7 Å². The number of carbonyl (C=O) groups excluding carboxylic acids is 1. The zero-order chi connectivity index (χ0) is 23.6. The predicted octanol–water partition coefficient (Wildman–Crippen LogP) is 4.64. The molecule has 0 atom stereocenters. The number of hydrogen-bond acceptors (Lipinski definition) is 6. The van der Waals surface area contributed by atoms with Gasteiger partial charge in [-0.2, -0.15) is 26.3 Å². The summed E-state index contributed by atoms with van der Waals surface area (Å²) in [5, 5.41) is 13.3. The van der Waals surface area contributed by atoms with Crippen molar-refractivity contribution >= 4 is 38.9 Å². The van der Waals surface area contributed by atoms with E-state index in [0.29, 0.717) is 23.9 Å². The molecule has 2 rings (SSSR count). The fourth-order valence-electron chi connectivity index (χ4n) is 2.18. The van der Waals surface area contributed by atoms with Gasteiger partial charge in [-0.25, -0.2) is 8.42 Å². The molecule has 2 aromatic rings. The molecule has 7 nitrogen and oxygen atoms in total. The van der Waals surface area contributed by atoms with Crippen LogP contribution in [0.1, 0.15) is 5.56 Å². The summed E-state index contributed by atoms with van der Waals surface area (Å²) < 4.78 is 98.8. The second kappa shape index (κ2) is 8.74. The molecule has 0 fully saturated rings. The van der Waals surface area contributed by atoms with Crippen LogP contribution < -0.4 is 5.32 Å². The summed E-state index contributed by atoms with van der Waals surface area (Å²) in [6.07, 6.45) is -4.64. The number of carbonyl (C=O) groups is 1. The number of sulfone groups is 1. The number of rotatable bonds is 6. The van der Waals surface area contributed by atoms with Crippen molar-refractivity contribution in [1.29, 1.82) is 0 Å².